The van der Waals surface area contributed by atoms with Crippen molar-refractivity contribution >= 4 is 49.0 Å². The van der Waals surface area contributed by atoms with Crippen molar-refractivity contribution in [2.24, 2.45) is 7.05 Å². The third-order valence-electron chi connectivity index (χ3n) is 8.21. The molecule has 3 aromatic heterocycles. The molecule has 0 saturated heterocycles. The van der Waals surface area contributed by atoms with Gasteiger partial charge < -0.3 is 4.40 Å². The molecule has 3 heterocycles. The highest BCUT2D eigenvalue weighted by atomic mass is 15.0. The lowest BCUT2D eigenvalue weighted by Gasteiger charge is -2.25. The minimum Gasteiger partial charge on any atom is -0.307 e. The summed E-state index contributed by atoms with van der Waals surface area (Å²) in [5.74, 6) is 0. The van der Waals surface area contributed by atoms with Crippen LogP contribution in [0.25, 0.3) is 60.1 Å². The highest BCUT2D eigenvalue weighted by Crippen LogP contribution is 2.47. The van der Waals surface area contributed by atoms with Crippen LogP contribution in [0.5, 0.6) is 0 Å². The zero-order chi connectivity index (χ0) is 24.9. The van der Waals surface area contributed by atoms with Crippen molar-refractivity contribution in [2.75, 3.05) is 0 Å². The van der Waals surface area contributed by atoms with Crippen molar-refractivity contribution in [3.63, 3.8) is 0 Å². The fourth-order valence-corrected chi connectivity index (χ4v) is 6.38. The second-order valence-electron chi connectivity index (χ2n) is 11.4. The molecule has 2 heteroatoms. The van der Waals surface area contributed by atoms with E-state index in [4.69, 9.17) is 0 Å². The molecule has 0 unspecified atom stereocenters. The Morgan fingerprint density at radius 3 is 2.22 bits per heavy atom. The van der Waals surface area contributed by atoms with E-state index in [1.807, 2.05) is 0 Å². The van der Waals surface area contributed by atoms with Crippen molar-refractivity contribution < 1.29 is 4.57 Å². The summed E-state index contributed by atoms with van der Waals surface area (Å²) in [6.45, 7) is 11.6. The van der Waals surface area contributed by atoms with E-state index in [9.17, 15) is 0 Å². The molecule has 7 aromatic rings. The predicted molar refractivity (Wildman–Crippen MR) is 153 cm³/mol. The summed E-state index contributed by atoms with van der Waals surface area (Å²) in [6.07, 6.45) is 2.24. The van der Waals surface area contributed by atoms with Gasteiger partial charge in [-0.2, -0.15) is 0 Å². The van der Waals surface area contributed by atoms with Gasteiger partial charge in [0.2, 0.25) is 5.52 Å². The van der Waals surface area contributed by atoms with Gasteiger partial charge in [0, 0.05) is 16.8 Å². The Hall–Kier alpha value is -3.91. The summed E-state index contributed by atoms with van der Waals surface area (Å²) >= 11 is 0. The van der Waals surface area contributed by atoms with E-state index in [0.717, 1.165) is 0 Å². The monoisotopic (exact) mass is 467 g/mol. The molecule has 0 fully saturated rings. The molecule has 176 valence electrons. The molecule has 0 bridgehead atoms. The fraction of sp³-hybridized carbons (Fsp3) is 0.206. The molecule has 0 aliphatic heterocycles. The number of rotatable bonds is 1. The van der Waals surface area contributed by atoms with Crippen molar-refractivity contribution in [1.29, 1.82) is 0 Å². The topological polar surface area (TPSA) is 8.29 Å². The smallest absolute Gasteiger partial charge is 0.224 e. The molecule has 0 saturated carbocycles. The summed E-state index contributed by atoms with van der Waals surface area (Å²) in [6, 6.07) is 27.0. The van der Waals surface area contributed by atoms with Crippen LogP contribution in [0.15, 0.2) is 79.0 Å². The summed E-state index contributed by atoms with van der Waals surface area (Å²) in [5.41, 5.74) is 12.0. The normalized spacial score (nSPS) is 12.7. The average Bonchev–Trinajstić information content (AvgIpc) is 3.21. The zero-order valence-corrected chi connectivity index (χ0v) is 21.9. The van der Waals surface area contributed by atoms with Gasteiger partial charge in [-0.05, 0) is 64.6 Å². The molecule has 0 spiro atoms. The molecule has 7 rings (SSSR count). The molecule has 0 N–H and O–H groups in total. The molecule has 36 heavy (non-hydrogen) atoms. The van der Waals surface area contributed by atoms with Crippen LogP contribution in [0.2, 0.25) is 0 Å². The van der Waals surface area contributed by atoms with E-state index in [1.165, 1.54) is 76.8 Å². The Bertz CT molecular complexity index is 1980. The van der Waals surface area contributed by atoms with Gasteiger partial charge in [0.05, 0.1) is 27.3 Å². The first kappa shape index (κ1) is 21.4. The number of benzene rings is 4. The Labute approximate surface area is 211 Å². The lowest BCUT2D eigenvalue weighted by Crippen LogP contribution is -2.29. The van der Waals surface area contributed by atoms with Gasteiger partial charge in [-0.1, -0.05) is 75.4 Å². The lowest BCUT2D eigenvalue weighted by molar-refractivity contribution is -0.643. The first-order valence-electron chi connectivity index (χ1n) is 12.9. The SMILES string of the molecule is Cc1cc(C(C)(C)C)c2c(c1C)c1c3c(cc[n+]1C)cc(-c1ccccc1)c1c4ccccc4n2c13. The summed E-state index contributed by atoms with van der Waals surface area (Å²) in [5, 5.41) is 6.68. The Morgan fingerprint density at radius 1 is 0.750 bits per heavy atom. The molecular weight excluding hydrogens is 436 g/mol. The molecule has 4 aromatic carbocycles. The number of aryl methyl sites for hydroxylation is 3. The number of hydrogen-bond acceptors (Lipinski definition) is 0. The minimum atomic E-state index is 0.00124. The molecule has 0 aliphatic carbocycles. The second-order valence-corrected chi connectivity index (χ2v) is 11.4. The van der Waals surface area contributed by atoms with Crippen LogP contribution in [0.4, 0.5) is 0 Å². The molecule has 0 radical (unpaired) electrons. The third-order valence-corrected chi connectivity index (χ3v) is 8.21. The lowest BCUT2D eigenvalue weighted by atomic mass is 9.82. The third kappa shape index (κ3) is 2.65. The Morgan fingerprint density at radius 2 is 1.47 bits per heavy atom. The summed E-state index contributed by atoms with van der Waals surface area (Å²) in [7, 11) is 2.20. The molecule has 0 atom stereocenters. The van der Waals surface area contributed by atoms with Crippen molar-refractivity contribution in [3.05, 3.63) is 95.7 Å². The number of para-hydroxylation sites is 1. The van der Waals surface area contributed by atoms with Gasteiger partial charge in [0.1, 0.15) is 7.05 Å². The maximum Gasteiger partial charge on any atom is 0.224 e. The quantitative estimate of drug-likeness (QED) is 0.130. The van der Waals surface area contributed by atoms with Crippen LogP contribution < -0.4 is 4.57 Å². The van der Waals surface area contributed by atoms with Crippen molar-refractivity contribution in [1.82, 2.24) is 4.40 Å². The first-order chi connectivity index (χ1) is 17.3. The number of pyridine rings is 2. The Kier molecular flexibility index (Phi) is 4.20. The van der Waals surface area contributed by atoms with Gasteiger partial charge in [-0.15, -0.1) is 0 Å². The van der Waals surface area contributed by atoms with Crippen LogP contribution in [0.1, 0.15) is 37.5 Å². The fourth-order valence-electron chi connectivity index (χ4n) is 6.38. The van der Waals surface area contributed by atoms with E-state index in [2.05, 4.69) is 130 Å². The van der Waals surface area contributed by atoms with Crippen molar-refractivity contribution in [2.45, 2.75) is 40.0 Å². The van der Waals surface area contributed by atoms with Gasteiger partial charge in [-0.3, -0.25) is 0 Å². The van der Waals surface area contributed by atoms with Gasteiger partial charge in [0.25, 0.3) is 0 Å². The zero-order valence-electron chi connectivity index (χ0n) is 21.9. The van der Waals surface area contributed by atoms with E-state index in [1.54, 1.807) is 0 Å². The summed E-state index contributed by atoms with van der Waals surface area (Å²) in [4.78, 5) is 0. The van der Waals surface area contributed by atoms with Crippen LogP contribution in [-0.4, -0.2) is 4.40 Å². The minimum absolute atomic E-state index is 0.00124. The average molecular weight is 468 g/mol. The van der Waals surface area contributed by atoms with Crippen LogP contribution in [0, 0.1) is 13.8 Å². The highest BCUT2D eigenvalue weighted by molar-refractivity contribution is 6.30. The molecule has 0 amide bonds. The Balaban J connectivity index is 1.93. The number of hydrogen-bond donors (Lipinski definition) is 0. The van der Waals surface area contributed by atoms with Crippen LogP contribution in [-0.2, 0) is 12.5 Å². The van der Waals surface area contributed by atoms with E-state index >= 15 is 0 Å². The molecular formula is C34H31N2+. The van der Waals surface area contributed by atoms with Gasteiger partial charge in [0.15, 0.2) is 6.20 Å². The first-order valence-corrected chi connectivity index (χ1v) is 12.9. The molecule has 0 aliphatic rings. The van der Waals surface area contributed by atoms with E-state index in [-0.39, 0.29) is 5.41 Å². The standard InChI is InChI=1S/C34H31N2/c1-20-18-26(34(3,4)5)31-28(21(20)2)32-29-23(16-17-35(32)6)19-25(22-12-8-7-9-13-22)30-24-14-10-11-15-27(24)36(31)33(29)30/h7-19H,1-6H3/q+1. The van der Waals surface area contributed by atoms with Crippen LogP contribution >= 0.6 is 0 Å². The maximum atomic E-state index is 2.59. The van der Waals surface area contributed by atoms with Gasteiger partial charge >= 0.3 is 0 Å². The van der Waals surface area contributed by atoms with Crippen LogP contribution in [0.3, 0.4) is 0 Å². The summed E-state index contributed by atoms with van der Waals surface area (Å²) < 4.78 is 4.93. The largest absolute Gasteiger partial charge is 0.307 e. The number of fused-ring (bicyclic) bond motifs is 6. The number of aromatic nitrogens is 2. The van der Waals surface area contributed by atoms with Crippen molar-refractivity contribution in [3.8, 4) is 11.1 Å². The predicted octanol–water partition coefficient (Wildman–Crippen LogP) is 8.40. The van der Waals surface area contributed by atoms with Gasteiger partial charge in [-0.25, -0.2) is 4.57 Å². The second kappa shape index (κ2) is 7.07. The maximum absolute atomic E-state index is 2.59. The molecule has 2 nitrogen and oxygen atoms in total. The highest BCUT2D eigenvalue weighted by Gasteiger charge is 2.30. The van der Waals surface area contributed by atoms with E-state index < -0.39 is 0 Å². The van der Waals surface area contributed by atoms with E-state index in [0.29, 0.717) is 0 Å². The number of nitrogens with zero attached hydrogens (tertiary/aromatic N) is 2.